The van der Waals surface area contributed by atoms with Gasteiger partial charge in [-0.2, -0.15) is 0 Å². The highest BCUT2D eigenvalue weighted by atomic mass is 19.1. The fourth-order valence-electron chi connectivity index (χ4n) is 2.65. The maximum absolute atomic E-state index is 13.7. The van der Waals surface area contributed by atoms with E-state index < -0.39 is 11.2 Å². The van der Waals surface area contributed by atoms with Crippen molar-refractivity contribution in [3.05, 3.63) is 29.6 Å². The molecule has 22 heavy (non-hydrogen) atoms. The number of nitrogens with one attached hydrogen (secondary N) is 1. The van der Waals surface area contributed by atoms with E-state index >= 15 is 0 Å². The molecule has 0 spiro atoms. The third kappa shape index (κ3) is 3.58. The van der Waals surface area contributed by atoms with Crippen LogP contribution in [0.25, 0.3) is 0 Å². The molecule has 1 aromatic carbocycles. The van der Waals surface area contributed by atoms with Gasteiger partial charge in [-0.25, -0.2) is 4.39 Å². The summed E-state index contributed by atoms with van der Waals surface area (Å²) in [5.41, 5.74) is -0.338. The third-order valence-electron chi connectivity index (χ3n) is 4.25. The van der Waals surface area contributed by atoms with E-state index in [1.54, 1.807) is 6.07 Å². The quantitative estimate of drug-likeness (QED) is 0.877. The molecule has 0 heterocycles. The van der Waals surface area contributed by atoms with Crippen molar-refractivity contribution in [2.45, 2.75) is 37.6 Å². The Bertz CT molecular complexity index is 566. The minimum atomic E-state index is -0.822. The highest BCUT2D eigenvalue weighted by Gasteiger charge is 2.46. The number of hydrogen-bond donors (Lipinski definition) is 1. The Hall–Kier alpha value is -1.62. The van der Waals surface area contributed by atoms with E-state index in [1.165, 1.54) is 19.2 Å². The average molecular weight is 308 g/mol. The molecule has 1 aliphatic rings. The zero-order valence-electron chi connectivity index (χ0n) is 14.0. The van der Waals surface area contributed by atoms with Crippen molar-refractivity contribution < 1.29 is 13.9 Å². The lowest BCUT2D eigenvalue weighted by atomic mass is 9.83. The maximum atomic E-state index is 13.7. The summed E-state index contributed by atoms with van der Waals surface area (Å²) in [6.45, 7) is 4.44. The Morgan fingerprint density at radius 1 is 1.36 bits per heavy atom. The zero-order chi connectivity index (χ0) is 16.5. The van der Waals surface area contributed by atoms with Crippen LogP contribution in [0, 0.1) is 5.82 Å². The Morgan fingerprint density at radius 2 is 2.00 bits per heavy atom. The van der Waals surface area contributed by atoms with Crippen molar-refractivity contribution >= 4 is 5.91 Å². The molecule has 0 atom stereocenters. The summed E-state index contributed by atoms with van der Waals surface area (Å²) in [6.07, 6.45) is 1.97. The Labute approximate surface area is 131 Å². The predicted molar refractivity (Wildman–Crippen MR) is 84.6 cm³/mol. The molecule has 0 bridgehead atoms. The summed E-state index contributed by atoms with van der Waals surface area (Å²) >= 11 is 0. The van der Waals surface area contributed by atoms with Gasteiger partial charge >= 0.3 is 0 Å². The largest absolute Gasteiger partial charge is 0.497 e. The topological polar surface area (TPSA) is 41.6 Å². The molecule has 1 N–H and O–H groups in total. The molecule has 5 heteroatoms. The van der Waals surface area contributed by atoms with Crippen LogP contribution in [0.3, 0.4) is 0 Å². The van der Waals surface area contributed by atoms with Crippen molar-refractivity contribution in [3.8, 4) is 5.75 Å². The number of hydrogen-bond acceptors (Lipinski definition) is 3. The average Bonchev–Trinajstić information content (AvgIpc) is 3.16. The first kappa shape index (κ1) is 16.7. The van der Waals surface area contributed by atoms with Crippen molar-refractivity contribution in [1.82, 2.24) is 10.2 Å². The van der Waals surface area contributed by atoms with Crippen molar-refractivity contribution in [3.63, 3.8) is 0 Å². The summed E-state index contributed by atoms with van der Waals surface area (Å²) < 4.78 is 18.8. The van der Waals surface area contributed by atoms with Gasteiger partial charge in [0.2, 0.25) is 5.91 Å². The first-order chi connectivity index (χ1) is 10.2. The van der Waals surface area contributed by atoms with Crippen LogP contribution in [0.15, 0.2) is 18.2 Å². The molecule has 2 rings (SSSR count). The molecule has 0 aromatic heterocycles. The predicted octanol–water partition coefficient (Wildman–Crippen LogP) is 2.32. The number of carbonyl (C=O) groups is 1. The monoisotopic (exact) mass is 308 g/mol. The molecule has 1 aliphatic carbocycles. The fraction of sp³-hybridized carbons (Fsp3) is 0.588. The number of methoxy groups -OCH3 is 1. The van der Waals surface area contributed by atoms with Gasteiger partial charge in [-0.05, 0) is 58.5 Å². The van der Waals surface area contributed by atoms with Crippen LogP contribution in [0.2, 0.25) is 0 Å². The van der Waals surface area contributed by atoms with Gasteiger partial charge in [0.1, 0.15) is 11.6 Å². The molecule has 0 saturated heterocycles. The van der Waals surface area contributed by atoms with Crippen molar-refractivity contribution in [2.75, 3.05) is 27.7 Å². The standard InChI is InChI=1S/C17H25FN2O2/c1-16(2,12-8-13(18)10-14(9-12)22-5)15(21)19-17(6-7-17)11-20(3)4/h8-10H,6-7,11H2,1-5H3,(H,19,21). The number of likely N-dealkylation sites (N-methyl/N-ethyl adjacent to an activating group) is 1. The summed E-state index contributed by atoms with van der Waals surface area (Å²) in [4.78, 5) is 14.8. The lowest BCUT2D eigenvalue weighted by Crippen LogP contribution is -2.50. The van der Waals surface area contributed by atoms with E-state index in [9.17, 15) is 9.18 Å². The Balaban J connectivity index is 2.19. The van der Waals surface area contributed by atoms with Gasteiger partial charge in [0.05, 0.1) is 18.1 Å². The molecule has 1 saturated carbocycles. The Morgan fingerprint density at radius 3 is 2.50 bits per heavy atom. The molecule has 1 amide bonds. The highest BCUT2D eigenvalue weighted by molar-refractivity contribution is 5.88. The summed E-state index contributed by atoms with van der Waals surface area (Å²) in [7, 11) is 5.48. The van der Waals surface area contributed by atoms with Crippen LogP contribution in [-0.4, -0.2) is 44.1 Å². The van der Waals surface area contributed by atoms with Crippen LogP contribution >= 0.6 is 0 Å². The second kappa shape index (κ2) is 5.88. The minimum absolute atomic E-state index is 0.0838. The SMILES string of the molecule is COc1cc(F)cc(C(C)(C)C(=O)NC2(CN(C)C)CC2)c1. The van der Waals surface area contributed by atoms with E-state index in [0.29, 0.717) is 11.3 Å². The third-order valence-corrected chi connectivity index (χ3v) is 4.25. The number of ether oxygens (including phenoxy) is 1. The van der Waals surface area contributed by atoms with Gasteiger partial charge in [-0.3, -0.25) is 4.79 Å². The molecule has 122 valence electrons. The van der Waals surface area contributed by atoms with E-state index in [0.717, 1.165) is 19.4 Å². The van der Waals surface area contributed by atoms with Crippen LogP contribution in [0.5, 0.6) is 5.75 Å². The number of rotatable bonds is 6. The van der Waals surface area contributed by atoms with Crippen LogP contribution in [0.1, 0.15) is 32.3 Å². The first-order valence-corrected chi connectivity index (χ1v) is 7.51. The van der Waals surface area contributed by atoms with Gasteiger partial charge in [-0.15, -0.1) is 0 Å². The van der Waals surface area contributed by atoms with Crippen LogP contribution in [-0.2, 0) is 10.2 Å². The zero-order valence-corrected chi connectivity index (χ0v) is 14.0. The van der Waals surface area contributed by atoms with Crippen molar-refractivity contribution in [2.24, 2.45) is 0 Å². The van der Waals surface area contributed by atoms with Gasteiger partial charge in [0.15, 0.2) is 0 Å². The summed E-state index contributed by atoms with van der Waals surface area (Å²) in [5, 5.41) is 3.15. The lowest BCUT2D eigenvalue weighted by molar-refractivity contribution is -0.126. The van der Waals surface area contributed by atoms with Crippen LogP contribution < -0.4 is 10.1 Å². The maximum Gasteiger partial charge on any atom is 0.230 e. The lowest BCUT2D eigenvalue weighted by Gasteiger charge is -2.29. The molecule has 1 aromatic rings. The smallest absolute Gasteiger partial charge is 0.230 e. The molecule has 4 nitrogen and oxygen atoms in total. The fourth-order valence-corrected chi connectivity index (χ4v) is 2.65. The highest BCUT2D eigenvalue weighted by Crippen LogP contribution is 2.37. The van der Waals surface area contributed by atoms with Gasteiger partial charge in [-0.1, -0.05) is 0 Å². The molecular formula is C17H25FN2O2. The van der Waals surface area contributed by atoms with E-state index in [4.69, 9.17) is 4.74 Å². The number of nitrogens with zero attached hydrogens (tertiary/aromatic N) is 1. The van der Waals surface area contributed by atoms with Gasteiger partial charge in [0, 0.05) is 12.6 Å². The first-order valence-electron chi connectivity index (χ1n) is 7.51. The molecular weight excluding hydrogens is 283 g/mol. The second-order valence-corrected chi connectivity index (χ2v) is 6.98. The Kier molecular flexibility index (Phi) is 4.47. The van der Waals surface area contributed by atoms with Crippen molar-refractivity contribution in [1.29, 1.82) is 0 Å². The molecule has 0 aliphatic heterocycles. The van der Waals surface area contributed by atoms with E-state index in [-0.39, 0.29) is 11.4 Å². The number of amides is 1. The number of benzene rings is 1. The minimum Gasteiger partial charge on any atom is -0.497 e. The summed E-state index contributed by atoms with van der Waals surface area (Å²) in [6, 6.07) is 4.42. The summed E-state index contributed by atoms with van der Waals surface area (Å²) in [5.74, 6) is -0.0607. The van der Waals surface area contributed by atoms with Gasteiger partial charge in [0.25, 0.3) is 0 Å². The van der Waals surface area contributed by atoms with E-state index in [2.05, 4.69) is 10.2 Å². The van der Waals surface area contributed by atoms with E-state index in [1.807, 2.05) is 27.9 Å². The second-order valence-electron chi connectivity index (χ2n) is 6.98. The van der Waals surface area contributed by atoms with Crippen LogP contribution in [0.4, 0.5) is 4.39 Å². The molecule has 1 fully saturated rings. The molecule has 0 radical (unpaired) electrons. The molecule has 0 unspecified atom stereocenters. The van der Waals surface area contributed by atoms with Gasteiger partial charge < -0.3 is 15.0 Å². The normalized spacial score (nSPS) is 16.5. The number of halogens is 1. The number of carbonyl (C=O) groups excluding carboxylic acids is 1.